The molecule has 1 aliphatic rings. The van der Waals surface area contributed by atoms with Crippen molar-refractivity contribution in [2.75, 3.05) is 23.7 Å². The summed E-state index contributed by atoms with van der Waals surface area (Å²) in [6.07, 6.45) is 5.11. The molecule has 182 valence electrons. The molecule has 1 aliphatic heterocycles. The minimum absolute atomic E-state index is 0.0663. The summed E-state index contributed by atoms with van der Waals surface area (Å²) >= 11 is 5.90. The van der Waals surface area contributed by atoms with Gasteiger partial charge in [0.05, 0.1) is 0 Å². The van der Waals surface area contributed by atoms with Crippen LogP contribution in [0.15, 0.2) is 48.5 Å². The van der Waals surface area contributed by atoms with Gasteiger partial charge in [0.2, 0.25) is 5.91 Å². The number of halogens is 1. The Morgan fingerprint density at radius 2 is 1.44 bits per heavy atom. The van der Waals surface area contributed by atoms with Crippen LogP contribution in [-0.4, -0.2) is 41.9 Å². The molecule has 3 N–H and O–H groups in total. The van der Waals surface area contributed by atoms with Crippen LogP contribution in [0.1, 0.15) is 56.3 Å². The molecule has 2 aromatic rings. The molecule has 0 aromatic heterocycles. The van der Waals surface area contributed by atoms with Crippen molar-refractivity contribution in [3.05, 3.63) is 59.1 Å². The van der Waals surface area contributed by atoms with Crippen LogP contribution < -0.4 is 16.0 Å². The fourth-order valence-corrected chi connectivity index (χ4v) is 3.99. The zero-order valence-corrected chi connectivity index (χ0v) is 20.5. The second-order valence-corrected chi connectivity index (χ2v) is 9.18. The minimum Gasteiger partial charge on any atom is -0.340 e. The number of hydrogen-bond donors (Lipinski definition) is 3. The highest BCUT2D eigenvalue weighted by molar-refractivity contribution is 6.30. The maximum atomic E-state index is 13.0. The van der Waals surface area contributed by atoms with Crippen molar-refractivity contribution in [1.82, 2.24) is 10.2 Å². The molecule has 1 saturated heterocycles. The van der Waals surface area contributed by atoms with Gasteiger partial charge in [0.15, 0.2) is 0 Å². The number of nitrogens with one attached hydrogen (secondary N) is 3. The lowest BCUT2D eigenvalue weighted by Crippen LogP contribution is -2.47. The molecule has 0 radical (unpaired) electrons. The predicted molar refractivity (Wildman–Crippen MR) is 136 cm³/mol. The molecule has 34 heavy (non-hydrogen) atoms. The lowest BCUT2D eigenvalue weighted by atomic mass is 9.97. The van der Waals surface area contributed by atoms with Crippen LogP contribution in [0.25, 0.3) is 0 Å². The zero-order chi connectivity index (χ0) is 24.5. The van der Waals surface area contributed by atoms with Gasteiger partial charge in [-0.3, -0.25) is 9.59 Å². The van der Waals surface area contributed by atoms with Gasteiger partial charge in [-0.15, -0.1) is 0 Å². The van der Waals surface area contributed by atoms with Gasteiger partial charge in [-0.1, -0.05) is 44.7 Å². The second-order valence-electron chi connectivity index (χ2n) is 8.74. The van der Waals surface area contributed by atoms with E-state index in [0.717, 1.165) is 45.2 Å². The first-order chi connectivity index (χ1) is 16.4. The third-order valence-electron chi connectivity index (χ3n) is 6.19. The summed E-state index contributed by atoms with van der Waals surface area (Å²) in [6, 6.07) is 12.7. The Morgan fingerprint density at radius 1 is 0.882 bits per heavy atom. The Hall–Kier alpha value is -3.06. The van der Waals surface area contributed by atoms with Crippen LogP contribution >= 0.6 is 11.6 Å². The molecule has 3 rings (SSSR count). The van der Waals surface area contributed by atoms with E-state index in [9.17, 15) is 14.4 Å². The summed E-state index contributed by atoms with van der Waals surface area (Å²) < 4.78 is 0. The van der Waals surface area contributed by atoms with E-state index in [2.05, 4.69) is 16.0 Å². The lowest BCUT2D eigenvalue weighted by molar-refractivity contribution is -0.119. The summed E-state index contributed by atoms with van der Waals surface area (Å²) in [5, 5.41) is 9.19. The molecule has 1 heterocycles. The molecule has 1 fully saturated rings. The largest absolute Gasteiger partial charge is 0.340 e. The number of hydrogen-bond acceptors (Lipinski definition) is 3. The molecule has 8 heteroatoms. The number of rotatable bonds is 7. The molecule has 7 nitrogen and oxygen atoms in total. The fraction of sp³-hybridized carbons (Fsp3) is 0.423. The average Bonchev–Trinajstić information content (AvgIpc) is 3.13. The molecule has 0 bridgehead atoms. The van der Waals surface area contributed by atoms with Gasteiger partial charge in [-0.2, -0.15) is 0 Å². The first-order valence-corrected chi connectivity index (χ1v) is 12.3. The molecule has 4 amide bonds. The average molecular weight is 485 g/mol. The normalized spacial score (nSPS) is 15.6. The highest BCUT2D eigenvalue weighted by Crippen LogP contribution is 2.18. The number of amides is 4. The van der Waals surface area contributed by atoms with Gasteiger partial charge in [0, 0.05) is 35.1 Å². The number of urea groups is 1. The van der Waals surface area contributed by atoms with E-state index >= 15 is 0 Å². The lowest BCUT2D eigenvalue weighted by Gasteiger charge is -2.24. The van der Waals surface area contributed by atoms with Crippen LogP contribution in [-0.2, 0) is 4.79 Å². The molecule has 0 aliphatic carbocycles. The predicted octanol–water partition coefficient (Wildman–Crippen LogP) is 5.53. The first-order valence-electron chi connectivity index (χ1n) is 11.9. The number of carbonyl (C=O) groups is 3. The summed E-state index contributed by atoms with van der Waals surface area (Å²) in [6.45, 7) is 5.45. The van der Waals surface area contributed by atoms with Crippen LogP contribution in [0.5, 0.6) is 0 Å². The Labute approximate surface area is 206 Å². The van der Waals surface area contributed by atoms with Gasteiger partial charge >= 0.3 is 6.03 Å². The van der Waals surface area contributed by atoms with Gasteiger partial charge in [-0.25, -0.2) is 4.79 Å². The van der Waals surface area contributed by atoms with Crippen LogP contribution in [0.4, 0.5) is 16.2 Å². The van der Waals surface area contributed by atoms with Gasteiger partial charge in [0.1, 0.15) is 6.04 Å². The van der Waals surface area contributed by atoms with Crippen molar-refractivity contribution in [2.24, 2.45) is 5.92 Å². The smallest absolute Gasteiger partial charge is 0.321 e. The summed E-state index contributed by atoms with van der Waals surface area (Å²) in [5.74, 6) is -0.690. The summed E-state index contributed by atoms with van der Waals surface area (Å²) in [5.41, 5.74) is 1.70. The molecular formula is C26H33ClN4O3. The van der Waals surface area contributed by atoms with Crippen LogP contribution in [0.3, 0.4) is 0 Å². The van der Waals surface area contributed by atoms with Crippen molar-refractivity contribution in [2.45, 2.75) is 52.0 Å². The Balaban J connectivity index is 1.60. The topological polar surface area (TPSA) is 90.5 Å². The third-order valence-corrected chi connectivity index (χ3v) is 6.44. The minimum atomic E-state index is -0.699. The van der Waals surface area contributed by atoms with E-state index in [1.807, 2.05) is 18.7 Å². The molecular weight excluding hydrogens is 452 g/mol. The van der Waals surface area contributed by atoms with Gasteiger partial charge < -0.3 is 20.9 Å². The second kappa shape index (κ2) is 12.4. The van der Waals surface area contributed by atoms with E-state index < -0.39 is 6.04 Å². The maximum Gasteiger partial charge on any atom is 0.321 e. The van der Waals surface area contributed by atoms with Crippen LogP contribution in [0, 0.1) is 5.92 Å². The molecule has 2 atom stereocenters. The first kappa shape index (κ1) is 25.6. The van der Waals surface area contributed by atoms with Crippen molar-refractivity contribution in [1.29, 1.82) is 0 Å². The number of likely N-dealkylation sites (tertiary alicyclic amines) is 1. The van der Waals surface area contributed by atoms with E-state index in [1.165, 1.54) is 0 Å². The number of benzene rings is 2. The highest BCUT2D eigenvalue weighted by atomic mass is 35.5. The monoisotopic (exact) mass is 484 g/mol. The van der Waals surface area contributed by atoms with Crippen LogP contribution in [0.2, 0.25) is 5.02 Å². The van der Waals surface area contributed by atoms with E-state index in [0.29, 0.717) is 22.0 Å². The number of carbonyl (C=O) groups excluding carboxylic acids is 3. The Kier molecular flexibility index (Phi) is 9.33. The van der Waals surface area contributed by atoms with Gasteiger partial charge in [-0.05, 0) is 67.3 Å². The van der Waals surface area contributed by atoms with E-state index in [4.69, 9.17) is 11.6 Å². The van der Waals surface area contributed by atoms with E-state index in [-0.39, 0.29) is 23.8 Å². The van der Waals surface area contributed by atoms with Gasteiger partial charge in [0.25, 0.3) is 5.91 Å². The summed E-state index contributed by atoms with van der Waals surface area (Å²) in [4.78, 5) is 40.0. The zero-order valence-electron chi connectivity index (χ0n) is 19.8. The fourth-order valence-electron chi connectivity index (χ4n) is 3.86. The van der Waals surface area contributed by atoms with Crippen molar-refractivity contribution < 1.29 is 14.4 Å². The molecule has 2 unspecified atom stereocenters. The molecule has 2 aromatic carbocycles. The SMILES string of the molecule is CCC(C)C(NC(=O)c1ccc(Cl)cc1)C(=O)Nc1ccc(NC(=O)N2CCCCCC2)cc1. The molecule has 0 saturated carbocycles. The van der Waals surface area contributed by atoms with Crippen molar-refractivity contribution >= 4 is 40.8 Å². The Morgan fingerprint density at radius 3 is 2.00 bits per heavy atom. The summed E-state index contributed by atoms with van der Waals surface area (Å²) in [7, 11) is 0. The number of nitrogens with zero attached hydrogens (tertiary/aromatic N) is 1. The molecule has 0 spiro atoms. The number of anilines is 2. The standard InChI is InChI=1S/C26H33ClN4O3/c1-3-18(2)23(30-24(32)19-8-10-20(27)11-9-19)25(33)28-21-12-14-22(15-13-21)29-26(34)31-16-6-4-5-7-17-31/h8-15,18,23H,3-7,16-17H2,1-2H3,(H,28,33)(H,29,34)(H,30,32). The third kappa shape index (κ3) is 7.22. The quantitative estimate of drug-likeness (QED) is 0.482. The maximum absolute atomic E-state index is 13.0. The highest BCUT2D eigenvalue weighted by Gasteiger charge is 2.26. The Bertz CT molecular complexity index is 971. The van der Waals surface area contributed by atoms with Crippen molar-refractivity contribution in [3.8, 4) is 0 Å². The van der Waals surface area contributed by atoms with E-state index in [1.54, 1.807) is 48.5 Å². The van der Waals surface area contributed by atoms with Crippen molar-refractivity contribution in [3.63, 3.8) is 0 Å².